The first-order valence-corrected chi connectivity index (χ1v) is 9.08. The van der Waals surface area contributed by atoms with Crippen molar-refractivity contribution in [3.05, 3.63) is 89.8 Å². The summed E-state index contributed by atoms with van der Waals surface area (Å²) >= 11 is 0. The minimum atomic E-state index is -0.373. The molecular weight excluding hydrogens is 369 g/mol. The molecule has 2 N–H and O–H groups in total. The highest BCUT2D eigenvalue weighted by Gasteiger charge is 2.13. The van der Waals surface area contributed by atoms with Crippen LogP contribution in [-0.2, 0) is 6.54 Å². The molecule has 7 heteroatoms. The first-order chi connectivity index (χ1) is 14.1. The Bertz CT molecular complexity index is 1190. The van der Waals surface area contributed by atoms with Crippen LogP contribution in [0.3, 0.4) is 0 Å². The Morgan fingerprint density at radius 2 is 1.86 bits per heavy atom. The van der Waals surface area contributed by atoms with Gasteiger partial charge in [0.05, 0.1) is 11.2 Å². The molecule has 0 atom stereocenters. The Balaban J connectivity index is 1.55. The summed E-state index contributed by atoms with van der Waals surface area (Å²) in [5.74, 6) is 0.210. The van der Waals surface area contributed by atoms with Gasteiger partial charge in [-0.3, -0.25) is 9.78 Å². The second-order valence-electron chi connectivity index (χ2n) is 6.47. The number of aromatic nitrogens is 3. The van der Waals surface area contributed by atoms with E-state index in [1.807, 2.05) is 24.3 Å². The Morgan fingerprint density at radius 1 is 1.03 bits per heavy atom. The van der Waals surface area contributed by atoms with E-state index < -0.39 is 0 Å². The van der Waals surface area contributed by atoms with E-state index in [1.165, 1.54) is 6.07 Å². The van der Waals surface area contributed by atoms with E-state index >= 15 is 0 Å². The van der Waals surface area contributed by atoms with Crippen molar-refractivity contribution in [3.8, 4) is 0 Å². The fraction of sp³-hybridized carbons (Fsp3) is 0.0909. The van der Waals surface area contributed by atoms with E-state index in [9.17, 15) is 9.18 Å². The summed E-state index contributed by atoms with van der Waals surface area (Å²) < 4.78 is 13.8. The number of carbonyl (C=O) groups is 1. The van der Waals surface area contributed by atoms with E-state index in [0.29, 0.717) is 28.4 Å². The van der Waals surface area contributed by atoms with Gasteiger partial charge in [0, 0.05) is 29.8 Å². The lowest BCUT2D eigenvalue weighted by molar-refractivity contribution is 0.102. The van der Waals surface area contributed by atoms with Gasteiger partial charge in [-0.05, 0) is 25.1 Å². The zero-order valence-corrected chi connectivity index (χ0v) is 15.7. The van der Waals surface area contributed by atoms with Crippen LogP contribution in [0.25, 0.3) is 10.9 Å². The third kappa shape index (κ3) is 4.19. The molecule has 0 radical (unpaired) electrons. The number of rotatable bonds is 5. The fourth-order valence-corrected chi connectivity index (χ4v) is 2.99. The van der Waals surface area contributed by atoms with Crippen LogP contribution in [0, 0.1) is 12.7 Å². The number of anilines is 2. The molecule has 0 unspecified atom stereocenters. The van der Waals surface area contributed by atoms with Gasteiger partial charge >= 0.3 is 0 Å². The summed E-state index contributed by atoms with van der Waals surface area (Å²) in [6, 6.07) is 17.4. The summed E-state index contributed by atoms with van der Waals surface area (Å²) in [6.07, 6.45) is 1.68. The number of fused-ring (bicyclic) bond motifs is 1. The molecule has 2 aromatic carbocycles. The number of hydrogen-bond donors (Lipinski definition) is 2. The smallest absolute Gasteiger partial charge is 0.274 e. The SMILES string of the molecule is Cc1nc(NCc2ccccc2F)cc(C(=O)Nc2cccc3cccnc23)n1. The quantitative estimate of drug-likeness (QED) is 0.533. The normalized spacial score (nSPS) is 10.7. The number of nitrogens with zero attached hydrogens (tertiary/aromatic N) is 3. The van der Waals surface area contributed by atoms with Crippen LogP contribution in [0.4, 0.5) is 15.9 Å². The highest BCUT2D eigenvalue weighted by Crippen LogP contribution is 2.21. The number of nitrogens with one attached hydrogen (secondary N) is 2. The van der Waals surface area contributed by atoms with Crippen LogP contribution in [-0.4, -0.2) is 20.9 Å². The molecule has 4 rings (SSSR count). The molecule has 2 heterocycles. The van der Waals surface area contributed by atoms with Crippen molar-refractivity contribution in [2.45, 2.75) is 13.5 Å². The lowest BCUT2D eigenvalue weighted by Crippen LogP contribution is -2.16. The van der Waals surface area contributed by atoms with Crippen molar-refractivity contribution in [1.82, 2.24) is 15.0 Å². The van der Waals surface area contributed by atoms with Gasteiger partial charge in [0.2, 0.25) is 0 Å². The second kappa shape index (κ2) is 8.02. The van der Waals surface area contributed by atoms with Gasteiger partial charge in [0.15, 0.2) is 0 Å². The highest BCUT2D eigenvalue weighted by molar-refractivity contribution is 6.07. The molecule has 0 aliphatic rings. The van der Waals surface area contributed by atoms with Crippen LogP contribution >= 0.6 is 0 Å². The largest absolute Gasteiger partial charge is 0.366 e. The number of benzene rings is 2. The van der Waals surface area contributed by atoms with E-state index in [-0.39, 0.29) is 24.0 Å². The minimum absolute atomic E-state index is 0.210. The van der Waals surface area contributed by atoms with Gasteiger partial charge in [-0.2, -0.15) is 0 Å². The number of carbonyl (C=O) groups excluding carboxylic acids is 1. The van der Waals surface area contributed by atoms with Gasteiger partial charge in [0.1, 0.15) is 23.2 Å². The third-order valence-electron chi connectivity index (χ3n) is 4.37. The van der Waals surface area contributed by atoms with Crippen molar-refractivity contribution < 1.29 is 9.18 Å². The lowest BCUT2D eigenvalue weighted by Gasteiger charge is -2.10. The maximum atomic E-state index is 13.8. The van der Waals surface area contributed by atoms with Crippen molar-refractivity contribution >= 4 is 28.3 Å². The lowest BCUT2D eigenvalue weighted by atomic mass is 10.2. The standard InChI is InChI=1S/C22H18FN5O/c1-14-26-19(12-20(27-14)25-13-16-6-2-3-9-17(16)23)22(29)28-18-10-4-7-15-8-5-11-24-21(15)18/h2-12H,13H2,1H3,(H,28,29)(H,25,26,27). The van der Waals surface area contributed by atoms with Crippen molar-refractivity contribution in [2.75, 3.05) is 10.6 Å². The monoisotopic (exact) mass is 387 g/mol. The Labute approximate surface area is 166 Å². The molecule has 0 aliphatic carbocycles. The predicted octanol–water partition coefficient (Wildman–Crippen LogP) is 4.34. The number of amides is 1. The van der Waals surface area contributed by atoms with Gasteiger partial charge in [-0.1, -0.05) is 36.4 Å². The van der Waals surface area contributed by atoms with E-state index in [2.05, 4.69) is 25.6 Å². The van der Waals surface area contributed by atoms with Crippen LogP contribution < -0.4 is 10.6 Å². The highest BCUT2D eigenvalue weighted by atomic mass is 19.1. The van der Waals surface area contributed by atoms with Crippen LogP contribution in [0.1, 0.15) is 21.9 Å². The molecule has 4 aromatic rings. The molecule has 2 aromatic heterocycles. The minimum Gasteiger partial charge on any atom is -0.366 e. The summed E-state index contributed by atoms with van der Waals surface area (Å²) in [4.78, 5) is 25.6. The van der Waals surface area contributed by atoms with Gasteiger partial charge < -0.3 is 10.6 Å². The number of pyridine rings is 1. The topological polar surface area (TPSA) is 79.8 Å². The fourth-order valence-electron chi connectivity index (χ4n) is 2.99. The maximum absolute atomic E-state index is 13.8. The van der Waals surface area contributed by atoms with Crippen molar-refractivity contribution in [2.24, 2.45) is 0 Å². The number of halogens is 1. The summed E-state index contributed by atoms with van der Waals surface area (Å²) in [6.45, 7) is 1.95. The summed E-state index contributed by atoms with van der Waals surface area (Å²) in [5.41, 5.74) is 2.02. The first-order valence-electron chi connectivity index (χ1n) is 9.08. The Morgan fingerprint density at radius 3 is 2.72 bits per heavy atom. The summed E-state index contributed by atoms with van der Waals surface area (Å²) in [5, 5.41) is 6.83. The number of para-hydroxylation sites is 1. The average molecular weight is 387 g/mol. The van der Waals surface area contributed by atoms with Crippen molar-refractivity contribution in [1.29, 1.82) is 0 Å². The van der Waals surface area contributed by atoms with Gasteiger partial charge in [-0.15, -0.1) is 0 Å². The molecule has 144 valence electrons. The summed E-state index contributed by atoms with van der Waals surface area (Å²) in [7, 11) is 0. The molecular formula is C22H18FN5O. The van der Waals surface area contributed by atoms with E-state index in [4.69, 9.17) is 0 Å². The predicted molar refractivity (Wildman–Crippen MR) is 110 cm³/mol. The number of aryl methyl sites for hydroxylation is 1. The molecule has 0 saturated carbocycles. The van der Waals surface area contributed by atoms with Gasteiger partial charge in [0.25, 0.3) is 5.91 Å². The zero-order chi connectivity index (χ0) is 20.2. The van der Waals surface area contributed by atoms with Gasteiger partial charge in [-0.25, -0.2) is 14.4 Å². The van der Waals surface area contributed by atoms with E-state index in [1.54, 1.807) is 43.5 Å². The zero-order valence-electron chi connectivity index (χ0n) is 15.7. The molecule has 0 spiro atoms. The third-order valence-corrected chi connectivity index (χ3v) is 4.37. The molecule has 0 fully saturated rings. The molecule has 6 nitrogen and oxygen atoms in total. The molecule has 0 bridgehead atoms. The Hall–Kier alpha value is -3.87. The number of hydrogen-bond acceptors (Lipinski definition) is 5. The molecule has 1 amide bonds. The molecule has 0 saturated heterocycles. The van der Waals surface area contributed by atoms with Crippen LogP contribution in [0.2, 0.25) is 0 Å². The van der Waals surface area contributed by atoms with Crippen LogP contribution in [0.15, 0.2) is 66.9 Å². The average Bonchev–Trinajstić information content (AvgIpc) is 2.73. The Kier molecular flexibility index (Phi) is 5.11. The maximum Gasteiger partial charge on any atom is 0.274 e. The van der Waals surface area contributed by atoms with Crippen molar-refractivity contribution in [3.63, 3.8) is 0 Å². The second-order valence-corrected chi connectivity index (χ2v) is 6.47. The molecule has 0 aliphatic heterocycles. The van der Waals surface area contributed by atoms with Crippen LogP contribution in [0.5, 0.6) is 0 Å². The van der Waals surface area contributed by atoms with E-state index in [0.717, 1.165) is 5.39 Å². The molecule has 29 heavy (non-hydrogen) atoms. The first kappa shape index (κ1) is 18.5.